The predicted molar refractivity (Wildman–Crippen MR) is 177 cm³/mol. The minimum Gasteiger partial charge on any atom is -0.353 e. The lowest BCUT2D eigenvalue weighted by atomic mass is 9.49. The smallest absolute Gasteiger partial charge is 0.244 e. The maximum Gasteiger partial charge on any atom is 0.244 e. The summed E-state index contributed by atoms with van der Waals surface area (Å²) >= 11 is 0. The van der Waals surface area contributed by atoms with E-state index >= 15 is 0 Å². The van der Waals surface area contributed by atoms with Crippen molar-refractivity contribution in [2.45, 2.75) is 51.5 Å². The Morgan fingerprint density at radius 3 is 2.28 bits per heavy atom. The van der Waals surface area contributed by atoms with Crippen LogP contribution in [-0.4, -0.2) is 64.1 Å². The van der Waals surface area contributed by atoms with Crippen LogP contribution in [0.25, 0.3) is 33.0 Å². The number of carbonyl (C=O) groups is 3. The second-order valence-corrected chi connectivity index (χ2v) is 13.9. The van der Waals surface area contributed by atoms with Crippen molar-refractivity contribution in [3.63, 3.8) is 0 Å². The fraction of sp³-hybridized carbons (Fsp3) is 0.432. The lowest BCUT2D eigenvalue weighted by molar-refractivity contribution is -0.132. The van der Waals surface area contributed by atoms with E-state index in [-0.39, 0.29) is 36.2 Å². The number of carbonyl (C=O) groups excluding carboxylic acids is 3. The fourth-order valence-electron chi connectivity index (χ4n) is 8.69. The van der Waals surface area contributed by atoms with E-state index in [1.165, 1.54) is 38.5 Å². The molecule has 8 rings (SSSR count). The third-order valence-electron chi connectivity index (χ3n) is 10.5. The van der Waals surface area contributed by atoms with Gasteiger partial charge >= 0.3 is 0 Å². The number of nitrogens with one attached hydrogen (secondary N) is 2. The van der Waals surface area contributed by atoms with Gasteiger partial charge in [-0.1, -0.05) is 48.5 Å². The largest absolute Gasteiger partial charge is 0.353 e. The van der Waals surface area contributed by atoms with E-state index in [1.54, 1.807) is 22.8 Å². The normalized spacial score (nSPS) is 22.9. The molecule has 4 aliphatic rings. The number of aromatic nitrogens is 3. The van der Waals surface area contributed by atoms with Gasteiger partial charge in [0.1, 0.15) is 6.54 Å². The summed E-state index contributed by atoms with van der Waals surface area (Å²) < 4.78 is 1.63. The number of likely N-dealkylation sites (N-methyl/N-ethyl adjacent to an activating group) is 1. The average Bonchev–Trinajstić information content (AvgIpc) is 3.51. The molecule has 2 aromatic carbocycles. The van der Waals surface area contributed by atoms with Gasteiger partial charge in [-0.3, -0.25) is 24.0 Å². The van der Waals surface area contributed by atoms with Gasteiger partial charge in [0.25, 0.3) is 0 Å². The van der Waals surface area contributed by atoms with Crippen molar-refractivity contribution < 1.29 is 14.4 Å². The van der Waals surface area contributed by atoms with Crippen LogP contribution in [0, 0.1) is 23.2 Å². The van der Waals surface area contributed by atoms with Gasteiger partial charge in [-0.15, -0.1) is 0 Å². The van der Waals surface area contributed by atoms with Crippen LogP contribution in [0.4, 0.5) is 0 Å². The van der Waals surface area contributed by atoms with Gasteiger partial charge in [-0.2, -0.15) is 5.10 Å². The summed E-state index contributed by atoms with van der Waals surface area (Å²) in [6.07, 6.45) is 15.5. The number of rotatable bonds is 11. The van der Waals surface area contributed by atoms with Crippen LogP contribution in [0.1, 0.15) is 44.9 Å². The molecule has 4 fully saturated rings. The third-order valence-corrected chi connectivity index (χ3v) is 10.5. The molecule has 0 aliphatic heterocycles. The number of benzene rings is 2. The van der Waals surface area contributed by atoms with Gasteiger partial charge in [0, 0.05) is 61.7 Å². The molecule has 2 heterocycles. The molecule has 0 spiro atoms. The molecule has 2 aromatic heterocycles. The number of hydrogen-bond donors (Lipinski definition) is 2. The predicted octanol–water partition coefficient (Wildman–Crippen LogP) is 5.06. The Kier molecular flexibility index (Phi) is 8.32. The van der Waals surface area contributed by atoms with Crippen LogP contribution < -0.4 is 10.6 Å². The van der Waals surface area contributed by atoms with Crippen LogP contribution >= 0.6 is 0 Å². The SMILES string of the molecule is CN(CCNC(=O)CNC(=O)CC12CC3CC(CC(C3)C1)C2)C(=O)Cn1cc(-c2ccc(-c3cncc4ccccc34)cc2)cn1. The van der Waals surface area contributed by atoms with Crippen LogP contribution in [-0.2, 0) is 20.9 Å². The van der Waals surface area contributed by atoms with Gasteiger partial charge in [0.05, 0.1) is 12.7 Å². The van der Waals surface area contributed by atoms with E-state index in [1.807, 2.05) is 30.7 Å². The van der Waals surface area contributed by atoms with Gasteiger partial charge in [-0.05, 0) is 78.2 Å². The maximum atomic E-state index is 12.8. The highest BCUT2D eigenvalue weighted by Crippen LogP contribution is 2.61. The van der Waals surface area contributed by atoms with Crippen molar-refractivity contribution in [1.29, 1.82) is 0 Å². The van der Waals surface area contributed by atoms with E-state index in [9.17, 15) is 14.4 Å². The molecule has 3 amide bonds. The molecule has 0 radical (unpaired) electrons. The summed E-state index contributed by atoms with van der Waals surface area (Å²) in [5.41, 5.74) is 4.27. The Morgan fingerprint density at radius 1 is 0.848 bits per heavy atom. The van der Waals surface area contributed by atoms with Crippen molar-refractivity contribution in [1.82, 2.24) is 30.3 Å². The first-order chi connectivity index (χ1) is 22.3. The lowest BCUT2D eigenvalue weighted by Gasteiger charge is -2.56. The van der Waals surface area contributed by atoms with Crippen LogP contribution in [0.5, 0.6) is 0 Å². The van der Waals surface area contributed by atoms with Crippen LogP contribution in [0.15, 0.2) is 73.3 Å². The van der Waals surface area contributed by atoms with E-state index in [4.69, 9.17) is 0 Å². The van der Waals surface area contributed by atoms with Crippen LogP contribution in [0.2, 0.25) is 0 Å². The van der Waals surface area contributed by atoms with Crippen molar-refractivity contribution in [2.24, 2.45) is 23.2 Å². The first-order valence-corrected chi connectivity index (χ1v) is 16.6. The zero-order chi connectivity index (χ0) is 31.7. The molecule has 4 aromatic rings. The Morgan fingerprint density at radius 2 is 1.54 bits per heavy atom. The summed E-state index contributed by atoms with van der Waals surface area (Å²) in [6, 6.07) is 16.5. The van der Waals surface area contributed by atoms with Gasteiger partial charge in [-0.25, -0.2) is 0 Å². The Hall–Kier alpha value is -4.53. The van der Waals surface area contributed by atoms with E-state index in [0.29, 0.717) is 19.5 Å². The Labute approximate surface area is 269 Å². The Bertz CT molecular complexity index is 1700. The third kappa shape index (κ3) is 6.55. The number of fused-ring (bicyclic) bond motifs is 1. The van der Waals surface area contributed by atoms with Crippen molar-refractivity contribution in [3.05, 3.63) is 73.3 Å². The molecule has 238 valence electrons. The summed E-state index contributed by atoms with van der Waals surface area (Å²) in [5.74, 6) is 2.05. The first kappa shape index (κ1) is 30.1. The average molecular weight is 619 g/mol. The molecule has 4 bridgehead atoms. The van der Waals surface area contributed by atoms with E-state index in [0.717, 1.165) is 50.8 Å². The first-order valence-electron chi connectivity index (χ1n) is 16.6. The molecule has 2 N–H and O–H groups in total. The monoisotopic (exact) mass is 618 g/mol. The lowest BCUT2D eigenvalue weighted by Crippen LogP contribution is -2.48. The summed E-state index contributed by atoms with van der Waals surface area (Å²) in [7, 11) is 1.72. The molecular formula is C37H42N6O3. The highest BCUT2D eigenvalue weighted by atomic mass is 16.2. The molecule has 4 aliphatic carbocycles. The van der Waals surface area contributed by atoms with Crippen LogP contribution in [0.3, 0.4) is 0 Å². The van der Waals surface area contributed by atoms with E-state index < -0.39 is 0 Å². The Balaban J connectivity index is 0.842. The summed E-state index contributed by atoms with van der Waals surface area (Å²) in [6.45, 7) is 0.753. The molecular weight excluding hydrogens is 576 g/mol. The van der Waals surface area contributed by atoms with E-state index in [2.05, 4.69) is 57.1 Å². The highest BCUT2D eigenvalue weighted by molar-refractivity contribution is 5.96. The van der Waals surface area contributed by atoms with Gasteiger partial charge in [0.2, 0.25) is 17.7 Å². The molecule has 0 unspecified atom stereocenters. The van der Waals surface area contributed by atoms with Crippen molar-refractivity contribution in [3.8, 4) is 22.3 Å². The number of pyridine rings is 1. The molecule has 9 nitrogen and oxygen atoms in total. The topological polar surface area (TPSA) is 109 Å². The molecule has 46 heavy (non-hydrogen) atoms. The zero-order valence-corrected chi connectivity index (χ0v) is 26.5. The number of hydrogen-bond acceptors (Lipinski definition) is 5. The summed E-state index contributed by atoms with van der Waals surface area (Å²) in [5, 5.41) is 12.3. The zero-order valence-electron chi connectivity index (χ0n) is 26.5. The number of amides is 3. The fourth-order valence-corrected chi connectivity index (χ4v) is 8.69. The standard InChI is InChI=1S/C37H42N6O3/c1-42(11-10-39-35(45)22-40-34(44)18-37-15-25-12-26(16-37)14-27(13-25)17-37)36(46)24-43-23-31(20-41-43)28-6-8-29(9-7-28)33-21-38-19-30-4-2-3-5-32(30)33/h2-9,19-21,23,25-27H,10-18,22,24H2,1H3,(H,39,45)(H,40,44). The molecule has 4 saturated carbocycles. The minimum absolute atomic E-state index is 0.0129. The molecule has 0 atom stereocenters. The summed E-state index contributed by atoms with van der Waals surface area (Å²) in [4.78, 5) is 44.0. The van der Waals surface area contributed by atoms with Gasteiger partial charge < -0.3 is 15.5 Å². The molecule has 0 saturated heterocycles. The van der Waals surface area contributed by atoms with Crippen molar-refractivity contribution >= 4 is 28.5 Å². The highest BCUT2D eigenvalue weighted by Gasteiger charge is 2.51. The molecule has 9 heteroatoms. The maximum absolute atomic E-state index is 12.8. The second kappa shape index (κ2) is 12.7. The number of nitrogens with zero attached hydrogens (tertiary/aromatic N) is 4. The minimum atomic E-state index is -0.237. The van der Waals surface area contributed by atoms with Gasteiger partial charge in [0.15, 0.2) is 0 Å². The second-order valence-electron chi connectivity index (χ2n) is 13.9. The quantitative estimate of drug-likeness (QED) is 0.244. The van der Waals surface area contributed by atoms with Crippen molar-refractivity contribution in [2.75, 3.05) is 26.7 Å².